The second-order valence-corrected chi connectivity index (χ2v) is 10.2. The molecule has 0 bridgehead atoms. The average Bonchev–Trinajstić information content (AvgIpc) is 3.80. The first-order valence-corrected chi connectivity index (χ1v) is 14.9. The summed E-state index contributed by atoms with van der Waals surface area (Å²) in [5, 5.41) is 18.1. The van der Waals surface area contributed by atoms with Crippen LogP contribution in [0.4, 0.5) is 5.69 Å². The second kappa shape index (κ2) is 14.6. The fraction of sp³-hybridized carbons (Fsp3) is 0.294. The number of nitrogens with zero attached hydrogens (tertiary/aromatic N) is 4. The van der Waals surface area contributed by atoms with Crippen molar-refractivity contribution in [2.45, 2.75) is 20.8 Å². The zero-order chi connectivity index (χ0) is 34.4. The maximum atomic E-state index is 12.2. The summed E-state index contributed by atoms with van der Waals surface area (Å²) < 4.78 is 24.8. The SMILES string of the molecule is CC.CNc1c(OC)cc(-c2cn(C)c(=O)c3[nH]ncc23)cc1OC.COc1cc(-c2cn(C)c(=O)c3[nH]ncc23)cc(OC)c1C. The summed E-state index contributed by atoms with van der Waals surface area (Å²) in [5.41, 5.74) is 5.97. The normalized spacial score (nSPS) is 10.5. The topological polar surface area (TPSA) is 150 Å². The third-order valence-corrected chi connectivity index (χ3v) is 7.70. The maximum Gasteiger partial charge on any atom is 0.276 e. The van der Waals surface area contributed by atoms with Gasteiger partial charge in [-0.15, -0.1) is 0 Å². The zero-order valence-corrected chi connectivity index (χ0v) is 28.4. The standard InChI is InChI=1S/C16H18N4O3.C16H17N3O3.C2H6/c1-17-15-12(22-3)5-9(6-13(15)23-4)11-8-20(2)16(21)14-10(11)7-18-19-14;1-9-13(21-3)5-10(6-14(9)22-4)12-8-19(2)16(20)15-11(12)7-17-18-15;1-2/h5-8,17H,1-4H3,(H,18,19);5-8H,1-4H3,(H,17,18);1-2H3. The molecule has 0 saturated heterocycles. The molecule has 248 valence electrons. The van der Waals surface area contributed by atoms with Gasteiger partial charge in [0.2, 0.25) is 0 Å². The highest BCUT2D eigenvalue weighted by atomic mass is 16.5. The number of anilines is 1. The van der Waals surface area contributed by atoms with Gasteiger partial charge in [0.25, 0.3) is 11.1 Å². The molecule has 0 aliphatic carbocycles. The van der Waals surface area contributed by atoms with Gasteiger partial charge < -0.3 is 33.4 Å². The first kappa shape index (κ1) is 34.2. The van der Waals surface area contributed by atoms with Crippen molar-refractivity contribution in [1.82, 2.24) is 29.5 Å². The quantitative estimate of drug-likeness (QED) is 0.211. The fourth-order valence-corrected chi connectivity index (χ4v) is 5.32. The van der Waals surface area contributed by atoms with Crippen LogP contribution in [0, 0.1) is 6.92 Å². The summed E-state index contributed by atoms with van der Waals surface area (Å²) in [7, 11) is 11.7. The Bertz CT molecular complexity index is 2090. The van der Waals surface area contributed by atoms with Crippen LogP contribution < -0.4 is 35.4 Å². The highest BCUT2D eigenvalue weighted by molar-refractivity contribution is 5.95. The molecule has 0 radical (unpaired) electrons. The molecule has 0 fully saturated rings. The lowest BCUT2D eigenvalue weighted by Crippen LogP contribution is -2.16. The second-order valence-electron chi connectivity index (χ2n) is 10.2. The molecule has 2 aromatic carbocycles. The van der Waals surface area contributed by atoms with Crippen molar-refractivity contribution in [1.29, 1.82) is 0 Å². The molecule has 13 nitrogen and oxygen atoms in total. The van der Waals surface area contributed by atoms with E-state index in [1.807, 2.05) is 45.0 Å². The third-order valence-electron chi connectivity index (χ3n) is 7.70. The Morgan fingerprint density at radius 1 is 0.660 bits per heavy atom. The van der Waals surface area contributed by atoms with Crippen molar-refractivity contribution in [3.63, 3.8) is 0 Å². The van der Waals surface area contributed by atoms with Gasteiger partial charge in [-0.05, 0) is 42.3 Å². The fourth-order valence-electron chi connectivity index (χ4n) is 5.32. The molecule has 3 N–H and O–H groups in total. The van der Waals surface area contributed by atoms with Gasteiger partial charge in [0.15, 0.2) is 0 Å². The molecular weight excluding hydrogens is 602 g/mol. The Morgan fingerprint density at radius 2 is 1.02 bits per heavy atom. The van der Waals surface area contributed by atoms with E-state index < -0.39 is 0 Å². The highest BCUT2D eigenvalue weighted by Gasteiger charge is 2.17. The Morgan fingerprint density at radius 3 is 1.36 bits per heavy atom. The molecular formula is C34H41N7O6. The van der Waals surface area contributed by atoms with Crippen molar-refractivity contribution < 1.29 is 18.9 Å². The molecule has 0 spiro atoms. The van der Waals surface area contributed by atoms with Gasteiger partial charge in [-0.1, -0.05) is 13.8 Å². The molecule has 13 heteroatoms. The van der Waals surface area contributed by atoms with Crippen molar-refractivity contribution in [3.05, 3.63) is 75.3 Å². The molecule has 6 aromatic rings. The van der Waals surface area contributed by atoms with E-state index in [1.165, 1.54) is 9.13 Å². The van der Waals surface area contributed by atoms with Gasteiger partial charge in [-0.2, -0.15) is 10.2 Å². The molecule has 0 atom stereocenters. The van der Waals surface area contributed by atoms with Crippen LogP contribution >= 0.6 is 0 Å². The number of pyridine rings is 2. The van der Waals surface area contributed by atoms with Crippen LogP contribution in [-0.2, 0) is 14.1 Å². The average molecular weight is 644 g/mol. The van der Waals surface area contributed by atoms with E-state index in [2.05, 4.69) is 25.7 Å². The lowest BCUT2D eigenvalue weighted by Gasteiger charge is -2.15. The number of aromatic amines is 2. The molecule has 0 amide bonds. The van der Waals surface area contributed by atoms with E-state index in [4.69, 9.17) is 18.9 Å². The molecule has 47 heavy (non-hydrogen) atoms. The number of aryl methyl sites for hydroxylation is 2. The lowest BCUT2D eigenvalue weighted by atomic mass is 10.0. The third kappa shape index (κ3) is 6.37. The Kier molecular flexibility index (Phi) is 10.6. The van der Waals surface area contributed by atoms with Gasteiger partial charge in [-0.3, -0.25) is 19.8 Å². The van der Waals surface area contributed by atoms with Gasteiger partial charge in [0.05, 0.1) is 40.8 Å². The van der Waals surface area contributed by atoms with Gasteiger partial charge in [0, 0.05) is 61.0 Å². The van der Waals surface area contributed by atoms with Crippen molar-refractivity contribution in [2.75, 3.05) is 40.8 Å². The van der Waals surface area contributed by atoms with Crippen LogP contribution in [0.5, 0.6) is 23.0 Å². The summed E-state index contributed by atoms with van der Waals surface area (Å²) in [6.07, 6.45) is 6.89. The number of rotatable bonds is 7. The van der Waals surface area contributed by atoms with E-state index in [9.17, 15) is 9.59 Å². The van der Waals surface area contributed by atoms with Gasteiger partial charge in [0.1, 0.15) is 39.7 Å². The van der Waals surface area contributed by atoms with Crippen molar-refractivity contribution >= 4 is 27.5 Å². The van der Waals surface area contributed by atoms with Crippen LogP contribution in [0.15, 0.2) is 58.6 Å². The number of H-pyrrole nitrogens is 2. The predicted octanol–water partition coefficient (Wildman–Crippen LogP) is 5.27. The number of hydrogen-bond acceptors (Lipinski definition) is 9. The Hall–Kier alpha value is -5.72. The molecule has 0 aliphatic rings. The minimum atomic E-state index is -0.118. The summed E-state index contributed by atoms with van der Waals surface area (Å²) in [4.78, 5) is 24.3. The van der Waals surface area contributed by atoms with Crippen LogP contribution in [0.1, 0.15) is 19.4 Å². The number of fused-ring (bicyclic) bond motifs is 2. The van der Waals surface area contributed by atoms with Gasteiger partial charge >= 0.3 is 0 Å². The minimum Gasteiger partial charge on any atom is -0.496 e. The Labute approximate surface area is 272 Å². The molecule has 0 saturated carbocycles. The molecule has 4 heterocycles. The van der Waals surface area contributed by atoms with Crippen molar-refractivity contribution in [3.8, 4) is 45.3 Å². The number of hydrogen-bond donors (Lipinski definition) is 3. The largest absolute Gasteiger partial charge is 0.496 e. The lowest BCUT2D eigenvalue weighted by molar-refractivity contribution is 0.389. The zero-order valence-electron chi connectivity index (χ0n) is 28.4. The Balaban J connectivity index is 0.000000202. The number of aromatic nitrogens is 6. The molecule has 0 aliphatic heterocycles. The number of benzene rings is 2. The summed E-state index contributed by atoms with van der Waals surface area (Å²) >= 11 is 0. The molecule has 6 rings (SSSR count). The van der Waals surface area contributed by atoms with Crippen LogP contribution in [0.2, 0.25) is 0 Å². The van der Waals surface area contributed by atoms with E-state index in [-0.39, 0.29) is 11.1 Å². The summed E-state index contributed by atoms with van der Waals surface area (Å²) in [5.74, 6) is 2.79. The smallest absolute Gasteiger partial charge is 0.276 e. The maximum absolute atomic E-state index is 12.2. The molecule has 0 unspecified atom stereocenters. The highest BCUT2D eigenvalue weighted by Crippen LogP contribution is 2.40. The first-order valence-electron chi connectivity index (χ1n) is 14.9. The number of ether oxygens (including phenoxy) is 4. The molecule has 4 aromatic heterocycles. The van der Waals surface area contributed by atoms with Crippen molar-refractivity contribution in [2.24, 2.45) is 14.1 Å². The van der Waals surface area contributed by atoms with Gasteiger partial charge in [-0.25, -0.2) is 0 Å². The van der Waals surface area contributed by atoms with Crippen LogP contribution in [0.3, 0.4) is 0 Å². The summed E-state index contributed by atoms with van der Waals surface area (Å²) in [6, 6.07) is 7.68. The van der Waals surface area contributed by atoms with Crippen LogP contribution in [-0.4, -0.2) is 65.0 Å². The van der Waals surface area contributed by atoms with E-state index >= 15 is 0 Å². The van der Waals surface area contributed by atoms with E-state index in [0.717, 1.165) is 55.8 Å². The van der Waals surface area contributed by atoms with E-state index in [0.29, 0.717) is 22.5 Å². The monoisotopic (exact) mass is 643 g/mol. The van der Waals surface area contributed by atoms with Crippen LogP contribution in [0.25, 0.3) is 44.1 Å². The number of nitrogens with one attached hydrogen (secondary N) is 3. The first-order chi connectivity index (χ1) is 22.7. The predicted molar refractivity (Wildman–Crippen MR) is 185 cm³/mol. The van der Waals surface area contributed by atoms with E-state index in [1.54, 1.807) is 74.4 Å². The summed E-state index contributed by atoms with van der Waals surface area (Å²) in [6.45, 7) is 5.94. The minimum absolute atomic E-state index is 0.109. The number of methoxy groups -OCH3 is 4.